The number of likely N-dealkylation sites (N-methyl/N-ethyl adjacent to an activating group) is 1. The summed E-state index contributed by atoms with van der Waals surface area (Å²) in [7, 11) is 2.18. The molecule has 1 N–H and O–H groups in total. The highest BCUT2D eigenvalue weighted by atomic mass is 16.5. The van der Waals surface area contributed by atoms with E-state index in [2.05, 4.69) is 41.5 Å². The fourth-order valence-corrected chi connectivity index (χ4v) is 3.54. The molecule has 21 heavy (non-hydrogen) atoms. The van der Waals surface area contributed by atoms with Crippen LogP contribution in [0.5, 0.6) is 5.75 Å². The summed E-state index contributed by atoms with van der Waals surface area (Å²) in [6, 6.07) is 8.80. The summed E-state index contributed by atoms with van der Waals surface area (Å²) in [5, 5.41) is 3.50. The highest BCUT2D eigenvalue weighted by Crippen LogP contribution is 2.21. The van der Waals surface area contributed by atoms with Gasteiger partial charge in [0, 0.05) is 6.54 Å². The van der Waals surface area contributed by atoms with Crippen molar-refractivity contribution in [2.24, 2.45) is 5.92 Å². The Labute approximate surface area is 128 Å². The zero-order valence-corrected chi connectivity index (χ0v) is 13.2. The van der Waals surface area contributed by atoms with Crippen molar-refractivity contribution in [1.29, 1.82) is 0 Å². The predicted octanol–water partition coefficient (Wildman–Crippen LogP) is 2.70. The third-order valence-corrected chi connectivity index (χ3v) is 4.73. The maximum Gasteiger partial charge on any atom is 0.119 e. The van der Waals surface area contributed by atoms with E-state index in [9.17, 15) is 0 Å². The smallest absolute Gasteiger partial charge is 0.119 e. The van der Waals surface area contributed by atoms with Gasteiger partial charge in [0.1, 0.15) is 11.9 Å². The Kier molecular flexibility index (Phi) is 5.15. The highest BCUT2D eigenvalue weighted by Gasteiger charge is 2.18. The molecule has 2 unspecified atom stereocenters. The van der Waals surface area contributed by atoms with Gasteiger partial charge in [0.25, 0.3) is 0 Å². The van der Waals surface area contributed by atoms with Gasteiger partial charge >= 0.3 is 0 Å². The lowest BCUT2D eigenvalue weighted by Crippen LogP contribution is -2.38. The van der Waals surface area contributed by atoms with Crippen molar-refractivity contribution in [2.75, 3.05) is 33.2 Å². The van der Waals surface area contributed by atoms with Gasteiger partial charge < -0.3 is 15.0 Å². The van der Waals surface area contributed by atoms with Gasteiger partial charge in [-0.05, 0) is 82.4 Å². The van der Waals surface area contributed by atoms with Gasteiger partial charge in [-0.1, -0.05) is 12.1 Å². The van der Waals surface area contributed by atoms with E-state index in [4.69, 9.17) is 4.74 Å². The molecule has 2 saturated heterocycles. The van der Waals surface area contributed by atoms with E-state index in [1.807, 2.05) is 0 Å². The van der Waals surface area contributed by atoms with Gasteiger partial charge in [0.05, 0.1) is 0 Å². The van der Waals surface area contributed by atoms with Crippen LogP contribution in [-0.2, 0) is 6.42 Å². The molecule has 2 aliphatic heterocycles. The van der Waals surface area contributed by atoms with Crippen LogP contribution >= 0.6 is 0 Å². The summed E-state index contributed by atoms with van der Waals surface area (Å²) in [5.41, 5.74) is 1.44. The molecule has 2 aliphatic rings. The molecule has 0 spiro atoms. The van der Waals surface area contributed by atoms with Crippen LogP contribution in [0.2, 0.25) is 0 Å². The lowest BCUT2D eigenvalue weighted by Gasteiger charge is -2.30. The number of piperidine rings is 2. The Morgan fingerprint density at radius 2 is 2.05 bits per heavy atom. The average Bonchev–Trinajstić information content (AvgIpc) is 2.50. The van der Waals surface area contributed by atoms with E-state index < -0.39 is 0 Å². The van der Waals surface area contributed by atoms with Gasteiger partial charge in [0.2, 0.25) is 0 Å². The minimum absolute atomic E-state index is 0.358. The zero-order valence-electron chi connectivity index (χ0n) is 13.2. The summed E-state index contributed by atoms with van der Waals surface area (Å²) in [4.78, 5) is 2.36. The number of likely N-dealkylation sites (tertiary alicyclic amines) is 1. The standard InChI is InChI=1S/C18H28N2O/c1-20-11-3-5-18(14-20)21-17-8-6-15(7-9-17)12-16-4-2-10-19-13-16/h6-9,16,18-19H,2-5,10-14H2,1H3. The summed E-state index contributed by atoms with van der Waals surface area (Å²) < 4.78 is 6.12. The number of ether oxygens (including phenoxy) is 1. The monoisotopic (exact) mass is 288 g/mol. The number of hydrogen-bond acceptors (Lipinski definition) is 3. The zero-order chi connectivity index (χ0) is 14.5. The fraction of sp³-hybridized carbons (Fsp3) is 0.667. The van der Waals surface area contributed by atoms with Crippen molar-refractivity contribution in [3.63, 3.8) is 0 Å². The Morgan fingerprint density at radius 1 is 1.19 bits per heavy atom. The second-order valence-electron chi connectivity index (χ2n) is 6.70. The van der Waals surface area contributed by atoms with E-state index in [1.54, 1.807) is 0 Å². The van der Waals surface area contributed by atoms with Crippen molar-refractivity contribution >= 4 is 0 Å². The highest BCUT2D eigenvalue weighted by molar-refractivity contribution is 5.28. The Bertz CT molecular complexity index is 425. The van der Waals surface area contributed by atoms with Crippen molar-refractivity contribution in [2.45, 2.75) is 38.2 Å². The molecule has 3 nitrogen and oxygen atoms in total. The van der Waals surface area contributed by atoms with Crippen LogP contribution in [0.4, 0.5) is 0 Å². The van der Waals surface area contributed by atoms with Crippen LogP contribution in [0.1, 0.15) is 31.2 Å². The second-order valence-corrected chi connectivity index (χ2v) is 6.70. The normalized spacial score (nSPS) is 27.5. The maximum absolute atomic E-state index is 6.12. The van der Waals surface area contributed by atoms with E-state index in [0.717, 1.165) is 18.2 Å². The molecule has 2 atom stereocenters. The van der Waals surface area contributed by atoms with Crippen LogP contribution in [0.15, 0.2) is 24.3 Å². The molecule has 116 valence electrons. The summed E-state index contributed by atoms with van der Waals surface area (Å²) in [6.07, 6.45) is 6.66. The molecule has 2 fully saturated rings. The third kappa shape index (κ3) is 4.45. The van der Waals surface area contributed by atoms with Crippen molar-refractivity contribution in [3.05, 3.63) is 29.8 Å². The molecular formula is C18H28N2O. The first-order valence-corrected chi connectivity index (χ1v) is 8.44. The lowest BCUT2D eigenvalue weighted by atomic mass is 9.92. The molecule has 2 heterocycles. The quantitative estimate of drug-likeness (QED) is 0.922. The van der Waals surface area contributed by atoms with Crippen LogP contribution in [0.3, 0.4) is 0 Å². The van der Waals surface area contributed by atoms with Crippen LogP contribution in [-0.4, -0.2) is 44.2 Å². The SMILES string of the molecule is CN1CCCC(Oc2ccc(CC3CCCNC3)cc2)C1. The molecule has 0 bridgehead atoms. The van der Waals surface area contributed by atoms with Gasteiger partial charge in [-0.25, -0.2) is 0 Å². The van der Waals surface area contributed by atoms with Gasteiger partial charge in [-0.3, -0.25) is 0 Å². The van der Waals surface area contributed by atoms with Crippen LogP contribution < -0.4 is 10.1 Å². The van der Waals surface area contributed by atoms with E-state index >= 15 is 0 Å². The Hall–Kier alpha value is -1.06. The predicted molar refractivity (Wildman–Crippen MR) is 86.9 cm³/mol. The van der Waals surface area contributed by atoms with Gasteiger partial charge in [-0.2, -0.15) is 0 Å². The molecular weight excluding hydrogens is 260 g/mol. The maximum atomic E-state index is 6.12. The summed E-state index contributed by atoms with van der Waals surface area (Å²) >= 11 is 0. The van der Waals surface area contributed by atoms with Crippen LogP contribution in [0, 0.1) is 5.92 Å². The molecule has 3 heteroatoms. The van der Waals surface area contributed by atoms with Crippen molar-refractivity contribution < 1.29 is 4.74 Å². The number of hydrogen-bond donors (Lipinski definition) is 1. The van der Waals surface area contributed by atoms with E-state index in [0.29, 0.717) is 6.10 Å². The molecule has 1 aromatic rings. The lowest BCUT2D eigenvalue weighted by molar-refractivity contribution is 0.104. The third-order valence-electron chi connectivity index (χ3n) is 4.73. The number of rotatable bonds is 4. The Balaban J connectivity index is 1.51. The molecule has 0 aromatic heterocycles. The van der Waals surface area contributed by atoms with Gasteiger partial charge in [-0.15, -0.1) is 0 Å². The molecule has 3 rings (SSSR count). The van der Waals surface area contributed by atoms with Gasteiger partial charge in [0.15, 0.2) is 0 Å². The average molecular weight is 288 g/mol. The van der Waals surface area contributed by atoms with Crippen molar-refractivity contribution in [1.82, 2.24) is 10.2 Å². The minimum Gasteiger partial charge on any atom is -0.489 e. The second kappa shape index (κ2) is 7.28. The first kappa shape index (κ1) is 14.9. The van der Waals surface area contributed by atoms with Crippen molar-refractivity contribution in [3.8, 4) is 5.75 Å². The summed E-state index contributed by atoms with van der Waals surface area (Å²) in [5.74, 6) is 1.83. The van der Waals surface area contributed by atoms with Crippen LogP contribution in [0.25, 0.3) is 0 Å². The first-order valence-electron chi connectivity index (χ1n) is 8.44. The van der Waals surface area contributed by atoms with E-state index in [-0.39, 0.29) is 0 Å². The molecule has 0 amide bonds. The van der Waals surface area contributed by atoms with E-state index in [1.165, 1.54) is 57.3 Å². The number of nitrogens with one attached hydrogen (secondary N) is 1. The molecule has 1 aromatic carbocycles. The first-order chi connectivity index (χ1) is 10.3. The summed E-state index contributed by atoms with van der Waals surface area (Å²) in [6.45, 7) is 4.62. The minimum atomic E-state index is 0.358. The number of nitrogens with zero attached hydrogens (tertiary/aromatic N) is 1. The topological polar surface area (TPSA) is 24.5 Å². The largest absolute Gasteiger partial charge is 0.489 e. The fourth-order valence-electron chi connectivity index (χ4n) is 3.54. The number of benzene rings is 1. The molecule has 0 aliphatic carbocycles. The molecule has 0 radical (unpaired) electrons. The Morgan fingerprint density at radius 3 is 2.76 bits per heavy atom. The molecule has 0 saturated carbocycles.